The smallest absolute Gasteiger partial charge is 0.298 e. The molecule has 0 bridgehead atoms. The summed E-state index contributed by atoms with van der Waals surface area (Å²) in [5.74, 6) is -1.60. The summed E-state index contributed by atoms with van der Waals surface area (Å²) in [4.78, 5) is 26.9. The maximum absolute atomic E-state index is 13.5. The summed E-state index contributed by atoms with van der Waals surface area (Å²) in [6.45, 7) is 3.86. The first-order valence-corrected chi connectivity index (χ1v) is 6.95. The standard InChI is InChI=1S/C13H12FN3O3S/c1-3-10-7(2)21-13(15-10)16-12(18)8-4-5-11(17(19)20)9(14)6-8/h4-6H,3H2,1-2H3,(H,15,16,18). The zero-order valence-electron chi connectivity index (χ0n) is 11.3. The van der Waals surface area contributed by atoms with Crippen LogP contribution < -0.4 is 5.32 Å². The lowest BCUT2D eigenvalue weighted by Gasteiger charge is -2.02. The van der Waals surface area contributed by atoms with E-state index in [0.717, 1.165) is 29.1 Å². The highest BCUT2D eigenvalue weighted by atomic mass is 32.1. The molecule has 21 heavy (non-hydrogen) atoms. The zero-order chi connectivity index (χ0) is 15.6. The van der Waals surface area contributed by atoms with Gasteiger partial charge in [-0.2, -0.15) is 4.39 Å². The minimum atomic E-state index is -1.04. The van der Waals surface area contributed by atoms with E-state index in [1.165, 1.54) is 17.4 Å². The van der Waals surface area contributed by atoms with E-state index in [4.69, 9.17) is 0 Å². The molecule has 8 heteroatoms. The number of anilines is 1. The Kier molecular flexibility index (Phi) is 4.27. The minimum Gasteiger partial charge on any atom is -0.298 e. The number of nitro groups is 1. The first-order chi connectivity index (χ1) is 9.92. The number of hydrogen-bond donors (Lipinski definition) is 1. The van der Waals surface area contributed by atoms with Crippen molar-refractivity contribution in [2.75, 3.05) is 5.32 Å². The summed E-state index contributed by atoms with van der Waals surface area (Å²) in [5, 5.41) is 13.5. The van der Waals surface area contributed by atoms with E-state index in [1.54, 1.807) is 0 Å². The van der Waals surface area contributed by atoms with Crippen LogP contribution in [0.25, 0.3) is 0 Å². The fourth-order valence-corrected chi connectivity index (χ4v) is 2.67. The second kappa shape index (κ2) is 5.96. The van der Waals surface area contributed by atoms with Crippen LogP contribution in [0, 0.1) is 22.9 Å². The number of amides is 1. The van der Waals surface area contributed by atoms with Crippen LogP contribution in [0.15, 0.2) is 18.2 Å². The summed E-state index contributed by atoms with van der Waals surface area (Å²) < 4.78 is 13.5. The molecule has 2 rings (SSSR count). The van der Waals surface area contributed by atoms with E-state index >= 15 is 0 Å². The molecule has 0 saturated carbocycles. The Morgan fingerprint density at radius 1 is 1.52 bits per heavy atom. The van der Waals surface area contributed by atoms with Crippen molar-refractivity contribution in [3.8, 4) is 0 Å². The van der Waals surface area contributed by atoms with Gasteiger partial charge in [0.25, 0.3) is 5.91 Å². The topological polar surface area (TPSA) is 85.1 Å². The third-order valence-corrected chi connectivity index (χ3v) is 3.78. The van der Waals surface area contributed by atoms with Gasteiger partial charge in [0.15, 0.2) is 5.13 Å². The Morgan fingerprint density at radius 2 is 2.24 bits per heavy atom. The van der Waals surface area contributed by atoms with Crippen LogP contribution in [0.2, 0.25) is 0 Å². The molecular formula is C13H12FN3O3S. The molecule has 6 nitrogen and oxygen atoms in total. The van der Waals surface area contributed by atoms with Crippen LogP contribution in [0.1, 0.15) is 27.9 Å². The molecule has 0 aliphatic rings. The van der Waals surface area contributed by atoms with E-state index < -0.39 is 22.3 Å². The molecule has 0 unspecified atom stereocenters. The number of thiazole rings is 1. The van der Waals surface area contributed by atoms with Gasteiger partial charge in [-0.15, -0.1) is 11.3 Å². The van der Waals surface area contributed by atoms with Gasteiger partial charge in [0.1, 0.15) is 0 Å². The number of carbonyl (C=O) groups is 1. The molecule has 110 valence electrons. The van der Waals surface area contributed by atoms with Gasteiger partial charge < -0.3 is 0 Å². The highest BCUT2D eigenvalue weighted by Crippen LogP contribution is 2.24. The number of aromatic nitrogens is 1. The average molecular weight is 309 g/mol. The maximum atomic E-state index is 13.5. The number of aryl methyl sites for hydroxylation is 2. The summed E-state index contributed by atoms with van der Waals surface area (Å²) >= 11 is 1.33. The molecule has 0 aliphatic carbocycles. The molecule has 0 radical (unpaired) electrons. The predicted molar refractivity (Wildman–Crippen MR) is 77.2 cm³/mol. The molecule has 2 aromatic rings. The summed E-state index contributed by atoms with van der Waals surface area (Å²) in [5.41, 5.74) is 0.235. The van der Waals surface area contributed by atoms with Gasteiger partial charge in [0.2, 0.25) is 5.82 Å². The number of rotatable bonds is 4. The quantitative estimate of drug-likeness (QED) is 0.693. The molecule has 1 amide bonds. The fourth-order valence-electron chi connectivity index (χ4n) is 1.78. The third-order valence-electron chi connectivity index (χ3n) is 2.85. The molecule has 0 fully saturated rings. The van der Waals surface area contributed by atoms with Crippen molar-refractivity contribution in [2.45, 2.75) is 20.3 Å². The lowest BCUT2D eigenvalue weighted by molar-refractivity contribution is -0.387. The van der Waals surface area contributed by atoms with Crippen molar-refractivity contribution in [2.24, 2.45) is 0 Å². The Morgan fingerprint density at radius 3 is 2.76 bits per heavy atom. The highest BCUT2D eigenvalue weighted by Gasteiger charge is 2.17. The number of nitrogens with zero attached hydrogens (tertiary/aromatic N) is 2. The van der Waals surface area contributed by atoms with Crippen LogP contribution >= 0.6 is 11.3 Å². The Labute approximate surface area is 123 Å². The van der Waals surface area contributed by atoms with Gasteiger partial charge >= 0.3 is 5.69 Å². The second-order valence-corrected chi connectivity index (χ2v) is 5.46. The van der Waals surface area contributed by atoms with Crippen LogP contribution in [0.4, 0.5) is 15.2 Å². The van der Waals surface area contributed by atoms with Gasteiger partial charge in [-0.25, -0.2) is 4.98 Å². The Balaban J connectivity index is 2.20. The summed E-state index contributed by atoms with van der Waals surface area (Å²) in [6.07, 6.45) is 0.754. The van der Waals surface area contributed by atoms with Crippen molar-refractivity contribution in [1.82, 2.24) is 4.98 Å². The first kappa shape index (κ1) is 15.0. The Bertz CT molecular complexity index is 715. The molecular weight excluding hydrogens is 297 g/mol. The predicted octanol–water partition coefficient (Wildman–Crippen LogP) is 3.31. The molecule has 1 aromatic heterocycles. The number of carbonyl (C=O) groups excluding carboxylic acids is 1. The highest BCUT2D eigenvalue weighted by molar-refractivity contribution is 7.15. The zero-order valence-corrected chi connectivity index (χ0v) is 12.2. The molecule has 1 heterocycles. The molecule has 0 atom stereocenters. The van der Waals surface area contributed by atoms with Crippen LogP contribution in [0.5, 0.6) is 0 Å². The molecule has 0 aliphatic heterocycles. The monoisotopic (exact) mass is 309 g/mol. The van der Waals surface area contributed by atoms with E-state index in [0.29, 0.717) is 5.13 Å². The molecule has 0 saturated heterocycles. The first-order valence-electron chi connectivity index (χ1n) is 6.14. The summed E-state index contributed by atoms with van der Waals surface area (Å²) in [7, 11) is 0. The van der Waals surface area contributed by atoms with Crippen LogP contribution in [-0.2, 0) is 6.42 Å². The van der Waals surface area contributed by atoms with Crippen molar-refractivity contribution < 1.29 is 14.1 Å². The van der Waals surface area contributed by atoms with Gasteiger partial charge in [-0.05, 0) is 25.5 Å². The van der Waals surface area contributed by atoms with Gasteiger partial charge in [0.05, 0.1) is 10.6 Å². The molecule has 1 N–H and O–H groups in total. The lowest BCUT2D eigenvalue weighted by atomic mass is 10.2. The molecule has 1 aromatic carbocycles. The largest absolute Gasteiger partial charge is 0.304 e. The van der Waals surface area contributed by atoms with E-state index in [2.05, 4.69) is 10.3 Å². The maximum Gasteiger partial charge on any atom is 0.304 e. The number of hydrogen-bond acceptors (Lipinski definition) is 5. The number of nitro benzene ring substituents is 1. The normalized spacial score (nSPS) is 10.4. The number of benzene rings is 1. The van der Waals surface area contributed by atoms with Gasteiger partial charge in [-0.3, -0.25) is 20.2 Å². The number of halogens is 1. The Hall–Kier alpha value is -2.35. The van der Waals surface area contributed by atoms with E-state index in [-0.39, 0.29) is 5.56 Å². The van der Waals surface area contributed by atoms with Crippen molar-refractivity contribution in [1.29, 1.82) is 0 Å². The van der Waals surface area contributed by atoms with Gasteiger partial charge in [-0.1, -0.05) is 6.92 Å². The van der Waals surface area contributed by atoms with E-state index in [9.17, 15) is 19.3 Å². The average Bonchev–Trinajstić information content (AvgIpc) is 2.78. The van der Waals surface area contributed by atoms with Crippen molar-refractivity contribution in [3.63, 3.8) is 0 Å². The fraction of sp³-hybridized carbons (Fsp3) is 0.231. The number of nitrogens with one attached hydrogen (secondary N) is 1. The van der Waals surface area contributed by atoms with Crippen molar-refractivity contribution in [3.05, 3.63) is 50.3 Å². The van der Waals surface area contributed by atoms with E-state index in [1.807, 2.05) is 13.8 Å². The minimum absolute atomic E-state index is 0.00371. The SMILES string of the molecule is CCc1nc(NC(=O)c2ccc([N+](=O)[O-])c(F)c2)sc1C. The second-order valence-electron chi connectivity index (χ2n) is 4.25. The van der Waals surface area contributed by atoms with Crippen LogP contribution in [0.3, 0.4) is 0 Å². The lowest BCUT2D eigenvalue weighted by Crippen LogP contribution is -2.12. The van der Waals surface area contributed by atoms with Crippen LogP contribution in [-0.4, -0.2) is 15.8 Å². The summed E-state index contributed by atoms with van der Waals surface area (Å²) in [6, 6.07) is 3.02. The third kappa shape index (κ3) is 3.22. The van der Waals surface area contributed by atoms with Gasteiger partial charge in [0, 0.05) is 16.5 Å². The van der Waals surface area contributed by atoms with Crippen molar-refractivity contribution >= 4 is 28.1 Å². The molecule has 0 spiro atoms.